The van der Waals surface area contributed by atoms with Crippen LogP contribution in [-0.4, -0.2) is 10.7 Å². The second kappa shape index (κ2) is 4.15. The Morgan fingerprint density at radius 1 is 1.35 bits per heavy atom. The Bertz CT molecular complexity index is 459. The molecule has 0 aliphatic carbocycles. The molecule has 0 fully saturated rings. The van der Waals surface area contributed by atoms with Crippen LogP contribution >= 0.6 is 0 Å². The van der Waals surface area contributed by atoms with Gasteiger partial charge in [0.15, 0.2) is 5.78 Å². The van der Waals surface area contributed by atoms with Crippen LogP contribution in [0.2, 0.25) is 0 Å². The van der Waals surface area contributed by atoms with Gasteiger partial charge in [0.1, 0.15) is 5.56 Å². The Morgan fingerprint density at radius 3 is 2.24 bits per heavy atom. The van der Waals surface area contributed by atoms with Crippen LogP contribution in [0.3, 0.4) is 0 Å². The van der Waals surface area contributed by atoms with Crippen molar-refractivity contribution in [2.24, 2.45) is 0 Å². The first-order valence-corrected chi connectivity index (χ1v) is 4.51. The maximum Gasteiger partial charge on any atom is 0.423 e. The zero-order valence-electron chi connectivity index (χ0n) is 8.96. The minimum Gasteiger partial charge on any atom is -0.294 e. The second-order valence-electron chi connectivity index (χ2n) is 3.52. The minimum absolute atomic E-state index is 0.231. The van der Waals surface area contributed by atoms with Gasteiger partial charge < -0.3 is 0 Å². The molecule has 0 saturated carbocycles. The summed E-state index contributed by atoms with van der Waals surface area (Å²) in [4.78, 5) is 20.6. The van der Waals surface area contributed by atoms with Crippen LogP contribution < -0.4 is 0 Å². The van der Waals surface area contributed by atoms with E-state index in [1.54, 1.807) is 0 Å². The number of nitrogens with zero attached hydrogens (tertiary/aromatic N) is 1. The van der Waals surface area contributed by atoms with Crippen LogP contribution in [0.15, 0.2) is 12.1 Å². The lowest BCUT2D eigenvalue weighted by Crippen LogP contribution is -2.15. The zero-order valence-corrected chi connectivity index (χ0v) is 8.96. The number of benzene rings is 1. The molecule has 0 aromatic heterocycles. The summed E-state index contributed by atoms with van der Waals surface area (Å²) in [5.41, 5.74) is -3.03. The minimum atomic E-state index is -4.93. The lowest BCUT2D eigenvalue weighted by atomic mass is 9.99. The first-order chi connectivity index (χ1) is 7.64. The number of hydrogen-bond acceptors (Lipinski definition) is 3. The highest BCUT2D eigenvalue weighted by Crippen LogP contribution is 2.39. The van der Waals surface area contributed by atoms with E-state index >= 15 is 0 Å². The smallest absolute Gasteiger partial charge is 0.294 e. The molecule has 0 radical (unpaired) electrons. The number of hydrogen-bond donors (Lipinski definition) is 0. The topological polar surface area (TPSA) is 60.2 Å². The summed E-state index contributed by atoms with van der Waals surface area (Å²) in [7, 11) is 0. The summed E-state index contributed by atoms with van der Waals surface area (Å²) in [5, 5.41) is 10.6. The fourth-order valence-electron chi connectivity index (χ4n) is 1.49. The number of carbonyl (C=O) groups is 1. The van der Waals surface area contributed by atoms with Crippen molar-refractivity contribution in [1.29, 1.82) is 0 Å². The van der Waals surface area contributed by atoms with Crippen LogP contribution in [0.4, 0.5) is 18.9 Å². The molecule has 0 atom stereocenters. The van der Waals surface area contributed by atoms with Gasteiger partial charge in [-0.1, -0.05) is 0 Å². The maximum absolute atomic E-state index is 12.7. The highest BCUT2D eigenvalue weighted by atomic mass is 19.4. The number of carbonyl (C=O) groups excluding carboxylic acids is 1. The third-order valence-corrected chi connectivity index (χ3v) is 2.12. The first-order valence-electron chi connectivity index (χ1n) is 4.51. The van der Waals surface area contributed by atoms with Gasteiger partial charge in [-0.3, -0.25) is 14.9 Å². The van der Waals surface area contributed by atoms with Gasteiger partial charge in [0.25, 0.3) is 5.69 Å². The standard InChI is InChI=1S/C10H8F3NO3/c1-5-3-7(6(2)15)9(10(11,12)13)8(4-5)14(16)17/h3-4H,1-2H3. The van der Waals surface area contributed by atoms with Gasteiger partial charge in [0.2, 0.25) is 0 Å². The van der Waals surface area contributed by atoms with Gasteiger partial charge in [0, 0.05) is 11.6 Å². The lowest BCUT2D eigenvalue weighted by Gasteiger charge is -2.12. The molecule has 0 N–H and O–H groups in total. The van der Waals surface area contributed by atoms with Crippen LogP contribution in [0.1, 0.15) is 28.4 Å². The third-order valence-electron chi connectivity index (χ3n) is 2.12. The molecule has 17 heavy (non-hydrogen) atoms. The molecule has 0 amide bonds. The van der Waals surface area contributed by atoms with Crippen LogP contribution in [-0.2, 0) is 6.18 Å². The van der Waals surface area contributed by atoms with Crippen molar-refractivity contribution in [2.75, 3.05) is 0 Å². The van der Waals surface area contributed by atoms with Gasteiger partial charge in [-0.05, 0) is 25.5 Å². The highest BCUT2D eigenvalue weighted by molar-refractivity contribution is 5.97. The molecule has 1 aromatic carbocycles. The highest BCUT2D eigenvalue weighted by Gasteiger charge is 2.42. The number of halogens is 3. The molecular formula is C10H8F3NO3. The van der Waals surface area contributed by atoms with Crippen molar-refractivity contribution in [3.63, 3.8) is 0 Å². The van der Waals surface area contributed by atoms with E-state index in [0.29, 0.717) is 0 Å². The van der Waals surface area contributed by atoms with Crippen molar-refractivity contribution >= 4 is 11.5 Å². The zero-order chi connectivity index (χ0) is 13.4. The monoisotopic (exact) mass is 247 g/mol. The summed E-state index contributed by atoms with van der Waals surface area (Å²) < 4.78 is 38.1. The largest absolute Gasteiger partial charge is 0.423 e. The van der Waals surface area contributed by atoms with E-state index in [9.17, 15) is 28.1 Å². The molecule has 0 bridgehead atoms. The van der Waals surface area contributed by atoms with Crippen molar-refractivity contribution in [3.05, 3.63) is 38.9 Å². The molecule has 0 aliphatic heterocycles. The van der Waals surface area contributed by atoms with Crippen LogP contribution in [0.5, 0.6) is 0 Å². The summed E-state index contributed by atoms with van der Waals surface area (Å²) in [6, 6.07) is 1.80. The van der Waals surface area contributed by atoms with Crippen molar-refractivity contribution in [2.45, 2.75) is 20.0 Å². The molecular weight excluding hydrogens is 239 g/mol. The molecule has 7 heteroatoms. The Hall–Kier alpha value is -1.92. The number of Topliss-reactive ketones (excluding diaryl/α,β-unsaturated/α-hetero) is 1. The van der Waals surface area contributed by atoms with Crippen molar-refractivity contribution < 1.29 is 22.9 Å². The third kappa shape index (κ3) is 2.61. The maximum atomic E-state index is 12.7. The lowest BCUT2D eigenvalue weighted by molar-refractivity contribution is -0.388. The van der Waals surface area contributed by atoms with Gasteiger partial charge >= 0.3 is 6.18 Å². The van der Waals surface area contributed by atoms with Crippen LogP contribution in [0, 0.1) is 17.0 Å². The second-order valence-corrected chi connectivity index (χ2v) is 3.52. The van der Waals surface area contributed by atoms with E-state index in [-0.39, 0.29) is 5.56 Å². The molecule has 0 aliphatic rings. The van der Waals surface area contributed by atoms with Gasteiger partial charge in [-0.25, -0.2) is 0 Å². The van der Waals surface area contributed by atoms with E-state index in [2.05, 4.69) is 0 Å². The van der Waals surface area contributed by atoms with Gasteiger partial charge in [-0.15, -0.1) is 0 Å². The fraction of sp³-hybridized carbons (Fsp3) is 0.300. The van der Waals surface area contributed by atoms with Crippen molar-refractivity contribution in [1.82, 2.24) is 0 Å². The quantitative estimate of drug-likeness (QED) is 0.458. The Morgan fingerprint density at radius 2 is 1.88 bits per heavy atom. The summed E-state index contributed by atoms with van der Waals surface area (Å²) in [6.07, 6.45) is -4.93. The summed E-state index contributed by atoms with van der Waals surface area (Å²) >= 11 is 0. The molecule has 1 aromatic rings. The molecule has 92 valence electrons. The summed E-state index contributed by atoms with van der Waals surface area (Å²) in [5.74, 6) is -0.857. The van der Waals surface area contributed by atoms with Gasteiger partial charge in [-0.2, -0.15) is 13.2 Å². The average molecular weight is 247 g/mol. The summed E-state index contributed by atoms with van der Waals surface area (Å²) in [6.45, 7) is 2.33. The van der Waals surface area contributed by atoms with Crippen molar-refractivity contribution in [3.8, 4) is 0 Å². The number of alkyl halides is 3. The molecule has 0 saturated heterocycles. The van der Waals surface area contributed by atoms with Crippen LogP contribution in [0.25, 0.3) is 0 Å². The normalized spacial score (nSPS) is 11.4. The van der Waals surface area contributed by atoms with Gasteiger partial charge in [0.05, 0.1) is 4.92 Å². The van der Waals surface area contributed by atoms with E-state index in [4.69, 9.17) is 0 Å². The number of rotatable bonds is 2. The predicted molar refractivity (Wildman–Crippen MR) is 52.8 cm³/mol. The van der Waals surface area contributed by atoms with E-state index < -0.39 is 33.7 Å². The predicted octanol–water partition coefficient (Wildman–Crippen LogP) is 3.12. The number of ketones is 1. The first kappa shape index (κ1) is 13.1. The van der Waals surface area contributed by atoms with E-state index in [0.717, 1.165) is 19.1 Å². The van der Waals surface area contributed by atoms with E-state index in [1.807, 2.05) is 0 Å². The number of aryl methyl sites for hydroxylation is 1. The molecule has 4 nitrogen and oxygen atoms in total. The Kier molecular flexibility index (Phi) is 3.21. The fourth-order valence-corrected chi connectivity index (χ4v) is 1.49. The Labute approximate surface area is 94.2 Å². The molecule has 0 unspecified atom stereocenters. The van der Waals surface area contributed by atoms with E-state index in [1.165, 1.54) is 6.92 Å². The Balaban J connectivity index is 3.72. The molecule has 1 rings (SSSR count). The number of nitro benzene ring substituents is 1. The SMILES string of the molecule is CC(=O)c1cc(C)cc([N+](=O)[O-])c1C(F)(F)F. The molecule has 0 heterocycles. The number of nitro groups is 1. The average Bonchev–Trinajstić information content (AvgIpc) is 2.14. The molecule has 0 spiro atoms.